The van der Waals surface area contributed by atoms with E-state index in [4.69, 9.17) is 4.55 Å². The van der Waals surface area contributed by atoms with Gasteiger partial charge >= 0.3 is 0 Å². The SMILES string of the molecule is O=S(O)NCCCCCCN1Cc2cc3cccnc3cc2C1. The third-order valence-electron chi connectivity index (χ3n) is 4.34. The van der Waals surface area contributed by atoms with Gasteiger partial charge in [-0.1, -0.05) is 18.9 Å². The molecule has 5 nitrogen and oxygen atoms in total. The highest BCUT2D eigenvalue weighted by atomic mass is 32.2. The minimum absolute atomic E-state index is 0.609. The number of nitrogens with zero attached hydrogens (tertiary/aromatic N) is 2. The molecule has 1 aliphatic heterocycles. The summed E-state index contributed by atoms with van der Waals surface area (Å²) in [5, 5.41) is 1.22. The average Bonchev–Trinajstić information content (AvgIpc) is 2.92. The summed E-state index contributed by atoms with van der Waals surface area (Å²) in [7, 11) is 0. The van der Waals surface area contributed by atoms with E-state index in [1.165, 1.54) is 22.9 Å². The highest BCUT2D eigenvalue weighted by molar-refractivity contribution is 7.77. The maximum absolute atomic E-state index is 10.4. The Labute approximate surface area is 139 Å². The number of hydrogen-bond acceptors (Lipinski definition) is 3. The van der Waals surface area contributed by atoms with E-state index in [2.05, 4.69) is 32.8 Å². The van der Waals surface area contributed by atoms with Crippen LogP contribution in [0.1, 0.15) is 36.8 Å². The van der Waals surface area contributed by atoms with Crippen LogP contribution >= 0.6 is 0 Å². The van der Waals surface area contributed by atoms with E-state index < -0.39 is 11.3 Å². The van der Waals surface area contributed by atoms with E-state index in [1.807, 2.05) is 12.3 Å². The Morgan fingerprint density at radius 2 is 1.96 bits per heavy atom. The molecule has 0 amide bonds. The Morgan fingerprint density at radius 1 is 1.17 bits per heavy atom. The van der Waals surface area contributed by atoms with Crippen LogP contribution in [0.3, 0.4) is 0 Å². The summed E-state index contributed by atoms with van der Waals surface area (Å²) in [6.07, 6.45) is 6.23. The van der Waals surface area contributed by atoms with Gasteiger partial charge in [0.1, 0.15) is 0 Å². The lowest BCUT2D eigenvalue weighted by atomic mass is 10.1. The zero-order chi connectivity index (χ0) is 16.1. The minimum Gasteiger partial charge on any atom is -0.295 e. The largest absolute Gasteiger partial charge is 0.295 e. The van der Waals surface area contributed by atoms with Crippen molar-refractivity contribution in [2.24, 2.45) is 0 Å². The first kappa shape index (κ1) is 16.5. The van der Waals surface area contributed by atoms with E-state index in [1.54, 1.807) is 0 Å². The first-order chi connectivity index (χ1) is 11.2. The van der Waals surface area contributed by atoms with Crippen molar-refractivity contribution < 1.29 is 8.76 Å². The number of hydrogen-bond donors (Lipinski definition) is 2. The molecular formula is C17H23N3O2S. The van der Waals surface area contributed by atoms with Crippen molar-refractivity contribution in [3.05, 3.63) is 41.6 Å². The highest BCUT2D eigenvalue weighted by Crippen LogP contribution is 2.27. The molecule has 1 aromatic carbocycles. The summed E-state index contributed by atoms with van der Waals surface area (Å²) < 4.78 is 21.6. The Morgan fingerprint density at radius 3 is 2.78 bits per heavy atom. The van der Waals surface area contributed by atoms with E-state index in [9.17, 15) is 4.21 Å². The molecule has 0 spiro atoms. The molecular weight excluding hydrogens is 310 g/mol. The van der Waals surface area contributed by atoms with Gasteiger partial charge in [-0.3, -0.25) is 14.4 Å². The number of rotatable bonds is 8. The summed E-state index contributed by atoms with van der Waals surface area (Å²) in [6.45, 7) is 3.77. The predicted octanol–water partition coefficient (Wildman–Crippen LogP) is 2.84. The summed E-state index contributed by atoms with van der Waals surface area (Å²) in [6, 6.07) is 8.62. The first-order valence-electron chi connectivity index (χ1n) is 8.15. The van der Waals surface area contributed by atoms with Crippen LogP contribution in [-0.2, 0) is 24.4 Å². The standard InChI is InChI=1S/C17H23N3O2S/c21-23(22)19-8-3-1-2-4-9-20-12-15-10-14-6-5-7-18-17(14)11-16(15)13-20/h5-7,10-11,19H,1-4,8-9,12-13H2,(H,21,22). The number of benzene rings is 1. The molecule has 0 bridgehead atoms. The second kappa shape index (κ2) is 7.97. The van der Waals surface area contributed by atoms with Crippen LogP contribution in [0.5, 0.6) is 0 Å². The van der Waals surface area contributed by atoms with Gasteiger partial charge in [0.2, 0.25) is 11.3 Å². The third-order valence-corrected chi connectivity index (χ3v) is 4.79. The lowest BCUT2D eigenvalue weighted by molar-refractivity contribution is 0.276. The molecule has 124 valence electrons. The van der Waals surface area contributed by atoms with Gasteiger partial charge in [-0.25, -0.2) is 8.93 Å². The van der Waals surface area contributed by atoms with Crippen LogP contribution in [-0.4, -0.2) is 31.7 Å². The Bertz CT molecular complexity index is 648. The van der Waals surface area contributed by atoms with Gasteiger partial charge in [-0.05, 0) is 48.7 Å². The van der Waals surface area contributed by atoms with Gasteiger partial charge in [-0.15, -0.1) is 0 Å². The van der Waals surface area contributed by atoms with E-state index >= 15 is 0 Å². The minimum atomic E-state index is -1.87. The second-order valence-corrected chi connectivity index (χ2v) is 6.87. The third kappa shape index (κ3) is 4.57. The molecule has 0 aliphatic carbocycles. The molecule has 6 heteroatoms. The van der Waals surface area contributed by atoms with E-state index in [0.29, 0.717) is 6.54 Å². The zero-order valence-electron chi connectivity index (χ0n) is 13.2. The van der Waals surface area contributed by atoms with Gasteiger partial charge in [-0.2, -0.15) is 0 Å². The van der Waals surface area contributed by atoms with E-state index in [-0.39, 0.29) is 0 Å². The van der Waals surface area contributed by atoms with Crippen LogP contribution in [0, 0.1) is 0 Å². The molecule has 0 radical (unpaired) electrons. The molecule has 0 fully saturated rings. The van der Waals surface area contributed by atoms with Crippen molar-refractivity contribution in [2.75, 3.05) is 13.1 Å². The molecule has 0 saturated carbocycles. The number of unbranched alkanes of at least 4 members (excludes halogenated alkanes) is 3. The molecule has 23 heavy (non-hydrogen) atoms. The fourth-order valence-corrected chi connectivity index (χ4v) is 3.49. The summed E-state index contributed by atoms with van der Waals surface area (Å²) >= 11 is -1.87. The zero-order valence-corrected chi connectivity index (χ0v) is 14.0. The van der Waals surface area contributed by atoms with Gasteiger partial charge < -0.3 is 0 Å². The van der Waals surface area contributed by atoms with Crippen LogP contribution < -0.4 is 4.72 Å². The molecule has 3 rings (SSSR count). The summed E-state index contributed by atoms with van der Waals surface area (Å²) in [5.74, 6) is 0. The smallest absolute Gasteiger partial charge is 0.231 e. The summed E-state index contributed by atoms with van der Waals surface area (Å²) in [5.41, 5.74) is 3.92. The van der Waals surface area contributed by atoms with Crippen molar-refractivity contribution in [1.29, 1.82) is 0 Å². The normalized spacial score (nSPS) is 15.9. The Hall–Kier alpha value is -1.34. The fourth-order valence-electron chi connectivity index (χ4n) is 3.17. The van der Waals surface area contributed by atoms with Crippen molar-refractivity contribution in [2.45, 2.75) is 38.8 Å². The maximum atomic E-state index is 10.4. The monoisotopic (exact) mass is 333 g/mol. The predicted molar refractivity (Wildman–Crippen MR) is 93.1 cm³/mol. The van der Waals surface area contributed by atoms with Crippen LogP contribution in [0.25, 0.3) is 10.9 Å². The van der Waals surface area contributed by atoms with Gasteiger partial charge in [0, 0.05) is 31.2 Å². The number of pyridine rings is 1. The van der Waals surface area contributed by atoms with Crippen molar-refractivity contribution in [3.63, 3.8) is 0 Å². The molecule has 1 atom stereocenters. The number of nitrogens with one attached hydrogen (secondary N) is 1. The lowest BCUT2D eigenvalue weighted by Gasteiger charge is -2.14. The van der Waals surface area contributed by atoms with Crippen molar-refractivity contribution in [3.8, 4) is 0 Å². The van der Waals surface area contributed by atoms with E-state index in [0.717, 1.165) is 44.4 Å². The molecule has 0 saturated heterocycles. The van der Waals surface area contributed by atoms with Crippen molar-refractivity contribution >= 4 is 22.2 Å². The molecule has 2 heterocycles. The second-order valence-electron chi connectivity index (χ2n) is 6.09. The van der Waals surface area contributed by atoms with Gasteiger partial charge in [0.15, 0.2) is 0 Å². The number of fused-ring (bicyclic) bond motifs is 2. The first-order valence-corrected chi connectivity index (χ1v) is 9.26. The number of aromatic nitrogens is 1. The topological polar surface area (TPSA) is 65.5 Å². The van der Waals surface area contributed by atoms with Crippen molar-refractivity contribution in [1.82, 2.24) is 14.6 Å². The van der Waals surface area contributed by atoms with Gasteiger partial charge in [0.05, 0.1) is 5.52 Å². The van der Waals surface area contributed by atoms with Gasteiger partial charge in [0.25, 0.3) is 0 Å². The fraction of sp³-hybridized carbons (Fsp3) is 0.471. The molecule has 2 aromatic rings. The Balaban J connectivity index is 1.41. The average molecular weight is 333 g/mol. The molecule has 2 N–H and O–H groups in total. The highest BCUT2D eigenvalue weighted by Gasteiger charge is 2.19. The molecule has 1 aromatic heterocycles. The molecule has 1 aliphatic rings. The van der Waals surface area contributed by atoms with Crippen LogP contribution in [0.4, 0.5) is 0 Å². The summed E-state index contributed by atoms with van der Waals surface area (Å²) in [4.78, 5) is 6.93. The molecule has 1 unspecified atom stereocenters. The maximum Gasteiger partial charge on any atom is 0.231 e. The van der Waals surface area contributed by atoms with Crippen LogP contribution in [0.15, 0.2) is 30.5 Å². The quantitative estimate of drug-likeness (QED) is 0.576. The Kier molecular flexibility index (Phi) is 5.72. The van der Waals surface area contributed by atoms with Crippen LogP contribution in [0.2, 0.25) is 0 Å². The lowest BCUT2D eigenvalue weighted by Crippen LogP contribution is -2.18.